The number of carbonyl (C=O) groups is 1. The van der Waals surface area contributed by atoms with Gasteiger partial charge in [0.25, 0.3) is 5.22 Å². The van der Waals surface area contributed by atoms with Crippen molar-refractivity contribution in [3.05, 3.63) is 30.1 Å². The van der Waals surface area contributed by atoms with Gasteiger partial charge in [0.05, 0.1) is 5.25 Å². The molecule has 0 N–H and O–H groups in total. The average Bonchev–Trinajstić information content (AvgIpc) is 3.14. The van der Waals surface area contributed by atoms with Gasteiger partial charge in [0.15, 0.2) is 17.0 Å². The molecule has 0 saturated carbocycles. The minimum atomic E-state index is -0.213. The van der Waals surface area contributed by atoms with Crippen LogP contribution >= 0.6 is 11.8 Å². The van der Waals surface area contributed by atoms with E-state index in [9.17, 15) is 4.79 Å². The van der Waals surface area contributed by atoms with E-state index >= 15 is 0 Å². The van der Waals surface area contributed by atoms with Gasteiger partial charge in [0, 0.05) is 31.5 Å². The van der Waals surface area contributed by atoms with Gasteiger partial charge in [-0.3, -0.25) is 14.4 Å². The van der Waals surface area contributed by atoms with E-state index < -0.39 is 0 Å². The summed E-state index contributed by atoms with van der Waals surface area (Å²) in [5.74, 6) is 0.749. The van der Waals surface area contributed by atoms with Crippen molar-refractivity contribution in [2.24, 2.45) is 7.05 Å². The lowest BCUT2D eigenvalue weighted by atomic mass is 10.1. The van der Waals surface area contributed by atoms with Crippen LogP contribution in [0.15, 0.2) is 34.0 Å². The zero-order valence-corrected chi connectivity index (χ0v) is 14.3. The summed E-state index contributed by atoms with van der Waals surface area (Å²) in [7, 11) is 1.84. The van der Waals surface area contributed by atoms with Crippen LogP contribution in [0.1, 0.15) is 18.5 Å². The summed E-state index contributed by atoms with van der Waals surface area (Å²) in [5.41, 5.74) is 2.12. The number of hydrogen-bond acceptors (Lipinski definition) is 6. The molecule has 3 aromatic heterocycles. The van der Waals surface area contributed by atoms with Crippen molar-refractivity contribution in [1.29, 1.82) is 0 Å². The van der Waals surface area contributed by atoms with Crippen molar-refractivity contribution < 1.29 is 9.21 Å². The van der Waals surface area contributed by atoms with Gasteiger partial charge in [-0.2, -0.15) is 10.1 Å². The molecule has 0 aliphatic carbocycles. The van der Waals surface area contributed by atoms with Crippen LogP contribution in [0.2, 0.25) is 0 Å². The smallest absolute Gasteiger partial charge is 0.259 e. The highest BCUT2D eigenvalue weighted by molar-refractivity contribution is 8.00. The molecule has 1 saturated heterocycles. The van der Waals surface area contributed by atoms with Crippen LogP contribution in [0, 0.1) is 6.92 Å². The number of aryl methyl sites for hydroxylation is 2. The summed E-state index contributed by atoms with van der Waals surface area (Å²) in [6.07, 6.45) is 3.57. The molecule has 4 rings (SSSR count). The monoisotopic (exact) mass is 343 g/mol. The fraction of sp³-hybridized carbons (Fsp3) is 0.375. The molecule has 24 heavy (non-hydrogen) atoms. The Morgan fingerprint density at radius 2 is 2.17 bits per heavy atom. The Morgan fingerprint density at radius 3 is 2.96 bits per heavy atom. The van der Waals surface area contributed by atoms with Crippen molar-refractivity contribution in [1.82, 2.24) is 19.7 Å². The number of oxazole rings is 1. The first-order chi connectivity index (χ1) is 11.6. The molecule has 0 aromatic carbocycles. The predicted octanol–water partition coefficient (Wildman–Crippen LogP) is 2.55. The Hall–Kier alpha value is -2.35. The number of aromatic nitrogens is 4. The molecule has 1 aliphatic heterocycles. The predicted molar refractivity (Wildman–Crippen MR) is 91.0 cm³/mol. The molecule has 1 atom stereocenters. The third kappa shape index (κ3) is 2.77. The zero-order valence-electron chi connectivity index (χ0n) is 13.5. The van der Waals surface area contributed by atoms with Gasteiger partial charge in [-0.25, -0.2) is 4.98 Å². The molecule has 0 spiro atoms. The molecule has 0 bridgehead atoms. The molecule has 8 heteroatoms. The number of amides is 1. The van der Waals surface area contributed by atoms with E-state index in [2.05, 4.69) is 15.1 Å². The number of anilines is 1. The lowest BCUT2D eigenvalue weighted by Crippen LogP contribution is -2.43. The number of piperidine rings is 1. The number of carbonyl (C=O) groups excluding carboxylic acids is 1. The largest absolute Gasteiger partial charge is 0.430 e. The maximum atomic E-state index is 12.8. The molecule has 4 heterocycles. The molecule has 1 fully saturated rings. The number of hydrogen-bond donors (Lipinski definition) is 0. The van der Waals surface area contributed by atoms with Gasteiger partial charge >= 0.3 is 0 Å². The summed E-state index contributed by atoms with van der Waals surface area (Å²) in [5, 5.41) is 4.61. The average molecular weight is 343 g/mol. The fourth-order valence-corrected chi connectivity index (χ4v) is 3.82. The molecular weight excluding hydrogens is 326 g/mol. The third-order valence-corrected chi connectivity index (χ3v) is 5.08. The second-order valence-electron chi connectivity index (χ2n) is 5.84. The van der Waals surface area contributed by atoms with Gasteiger partial charge in [0.2, 0.25) is 5.91 Å². The number of thioether (sulfide) groups is 1. The van der Waals surface area contributed by atoms with Crippen LogP contribution < -0.4 is 4.90 Å². The zero-order chi connectivity index (χ0) is 16.7. The Kier molecular flexibility index (Phi) is 3.76. The van der Waals surface area contributed by atoms with Gasteiger partial charge in [-0.15, -0.1) is 0 Å². The summed E-state index contributed by atoms with van der Waals surface area (Å²) in [6.45, 7) is 2.61. The van der Waals surface area contributed by atoms with Crippen LogP contribution in [0.4, 0.5) is 5.82 Å². The van der Waals surface area contributed by atoms with Crippen molar-refractivity contribution in [3.63, 3.8) is 0 Å². The topological polar surface area (TPSA) is 77.0 Å². The standard InChI is InChI=1S/C16H17N5O2S/c1-10-5-6-11-14(17-10)18-16(23-11)24-12-4-3-8-21(15(12)22)13-7-9-20(2)19-13/h5-7,9,12H,3-4,8H2,1-2H3/t12-/m0/s1. The van der Waals surface area contributed by atoms with Gasteiger partial charge in [-0.05, 0) is 31.9 Å². The molecule has 3 aromatic rings. The first kappa shape index (κ1) is 15.2. The quantitative estimate of drug-likeness (QED) is 0.727. The first-order valence-electron chi connectivity index (χ1n) is 7.82. The molecular formula is C16H17N5O2S. The molecule has 124 valence electrons. The highest BCUT2D eigenvalue weighted by Gasteiger charge is 2.32. The van der Waals surface area contributed by atoms with Crippen LogP contribution in [0.25, 0.3) is 11.2 Å². The number of rotatable bonds is 3. The highest BCUT2D eigenvalue weighted by atomic mass is 32.2. The Labute approximate surface area is 143 Å². The minimum Gasteiger partial charge on any atom is -0.430 e. The Balaban J connectivity index is 1.55. The third-order valence-electron chi connectivity index (χ3n) is 3.98. The SMILES string of the molecule is Cc1ccc2oc(S[C@H]3CCCN(c4ccn(C)n4)C3=O)nc2n1. The molecule has 7 nitrogen and oxygen atoms in total. The maximum Gasteiger partial charge on any atom is 0.259 e. The summed E-state index contributed by atoms with van der Waals surface area (Å²) in [4.78, 5) is 23.3. The second kappa shape index (κ2) is 5.94. The number of nitrogens with zero attached hydrogens (tertiary/aromatic N) is 5. The molecule has 0 radical (unpaired) electrons. The normalized spacial score (nSPS) is 18.5. The lowest BCUT2D eigenvalue weighted by molar-refractivity contribution is -0.119. The minimum absolute atomic E-state index is 0.0522. The van der Waals surface area contributed by atoms with Gasteiger partial charge in [-0.1, -0.05) is 11.8 Å². The molecule has 1 amide bonds. The Morgan fingerprint density at radius 1 is 1.29 bits per heavy atom. The van der Waals surface area contributed by atoms with E-state index in [0.717, 1.165) is 18.5 Å². The van der Waals surface area contributed by atoms with Crippen LogP contribution in [-0.4, -0.2) is 37.5 Å². The van der Waals surface area contributed by atoms with E-state index in [1.807, 2.05) is 38.4 Å². The van der Waals surface area contributed by atoms with Gasteiger partial charge in [0.1, 0.15) is 0 Å². The molecule has 0 unspecified atom stereocenters. The highest BCUT2D eigenvalue weighted by Crippen LogP contribution is 2.33. The van der Waals surface area contributed by atoms with Crippen LogP contribution in [0.3, 0.4) is 0 Å². The number of fused-ring (bicyclic) bond motifs is 1. The van der Waals surface area contributed by atoms with Crippen LogP contribution in [-0.2, 0) is 11.8 Å². The molecule has 1 aliphatic rings. The van der Waals surface area contributed by atoms with E-state index in [1.165, 1.54) is 11.8 Å². The van der Waals surface area contributed by atoms with Gasteiger partial charge < -0.3 is 4.42 Å². The van der Waals surface area contributed by atoms with E-state index in [4.69, 9.17) is 4.42 Å². The van der Waals surface area contributed by atoms with Crippen molar-refractivity contribution in [3.8, 4) is 0 Å². The second-order valence-corrected chi connectivity index (χ2v) is 6.99. The number of pyridine rings is 1. The lowest BCUT2D eigenvalue weighted by Gasteiger charge is -2.29. The van der Waals surface area contributed by atoms with E-state index in [0.29, 0.717) is 28.8 Å². The van der Waals surface area contributed by atoms with Crippen LogP contribution in [0.5, 0.6) is 0 Å². The van der Waals surface area contributed by atoms with Crippen molar-refractivity contribution in [2.75, 3.05) is 11.4 Å². The Bertz CT molecular complexity index is 903. The van der Waals surface area contributed by atoms with E-state index in [-0.39, 0.29) is 11.2 Å². The fourth-order valence-electron chi connectivity index (χ4n) is 2.79. The summed E-state index contributed by atoms with van der Waals surface area (Å²) < 4.78 is 7.42. The maximum absolute atomic E-state index is 12.8. The first-order valence-corrected chi connectivity index (χ1v) is 8.70. The van der Waals surface area contributed by atoms with Crippen molar-refractivity contribution >= 4 is 34.7 Å². The van der Waals surface area contributed by atoms with Crippen molar-refractivity contribution in [2.45, 2.75) is 30.2 Å². The summed E-state index contributed by atoms with van der Waals surface area (Å²) >= 11 is 1.37. The summed E-state index contributed by atoms with van der Waals surface area (Å²) in [6, 6.07) is 5.60. The van der Waals surface area contributed by atoms with E-state index in [1.54, 1.807) is 9.58 Å².